The van der Waals surface area contributed by atoms with Crippen molar-refractivity contribution >= 4 is 40.0 Å². The van der Waals surface area contributed by atoms with E-state index in [0.29, 0.717) is 17.3 Å². The minimum atomic E-state index is -0.349. The summed E-state index contributed by atoms with van der Waals surface area (Å²) in [4.78, 5) is 20.7. The lowest BCUT2D eigenvalue weighted by Crippen LogP contribution is -2.52. The predicted molar refractivity (Wildman–Crippen MR) is 114 cm³/mol. The Morgan fingerprint density at radius 3 is 2.66 bits per heavy atom. The summed E-state index contributed by atoms with van der Waals surface area (Å²) in [5.74, 6) is 1.34. The summed E-state index contributed by atoms with van der Waals surface area (Å²) in [5, 5.41) is 10.9. The first-order chi connectivity index (χ1) is 14.1. The van der Waals surface area contributed by atoms with Crippen LogP contribution in [0.5, 0.6) is 0 Å². The number of benzene rings is 1. The van der Waals surface area contributed by atoms with Crippen molar-refractivity contribution in [3.63, 3.8) is 0 Å². The van der Waals surface area contributed by atoms with Crippen LogP contribution in [-0.4, -0.2) is 53.4 Å². The Hall–Kier alpha value is -2.93. The number of carbonyl (C=O) groups excluding carboxylic acids is 1. The zero-order valence-corrected chi connectivity index (χ0v) is 17.1. The Bertz CT molecular complexity index is 1030. The molecule has 0 radical (unpaired) electrons. The third kappa shape index (κ3) is 3.82. The van der Waals surface area contributed by atoms with E-state index in [1.807, 2.05) is 30.3 Å². The van der Waals surface area contributed by atoms with Crippen LogP contribution in [0, 0.1) is 0 Å². The van der Waals surface area contributed by atoms with Gasteiger partial charge in [-0.3, -0.25) is 0 Å². The second-order valence-corrected chi connectivity index (χ2v) is 7.33. The van der Waals surface area contributed by atoms with Crippen LogP contribution in [0.3, 0.4) is 0 Å². The second kappa shape index (κ2) is 8.21. The summed E-state index contributed by atoms with van der Waals surface area (Å²) in [6.45, 7) is 6.64. The molecule has 0 saturated carbocycles. The monoisotopic (exact) mass is 411 g/mol. The standard InChI is InChI=1S/C21H22ClN5O2/c1-3-29-21(28)15-8-9-18(23-12-15)26-10-11-27(14(2)13-26)20-17-7-5-4-6-16(17)19(22)24-25-20/h4-9,12,14H,3,10-11,13H2,1-2H3. The Kier molecular flexibility index (Phi) is 5.49. The number of piperazine rings is 1. The molecule has 1 fully saturated rings. The van der Waals surface area contributed by atoms with Crippen LogP contribution >= 0.6 is 11.6 Å². The molecule has 3 heterocycles. The number of anilines is 2. The summed E-state index contributed by atoms with van der Waals surface area (Å²) in [6, 6.07) is 11.8. The minimum absolute atomic E-state index is 0.203. The quantitative estimate of drug-likeness (QED) is 0.607. The van der Waals surface area contributed by atoms with Crippen molar-refractivity contribution < 1.29 is 9.53 Å². The van der Waals surface area contributed by atoms with Crippen LogP contribution in [-0.2, 0) is 4.74 Å². The average Bonchev–Trinajstić information content (AvgIpc) is 2.75. The maximum Gasteiger partial charge on any atom is 0.339 e. The zero-order valence-electron chi connectivity index (χ0n) is 16.4. The topological polar surface area (TPSA) is 71.5 Å². The number of fused-ring (bicyclic) bond motifs is 1. The van der Waals surface area contributed by atoms with E-state index in [0.717, 1.165) is 42.0 Å². The van der Waals surface area contributed by atoms with Crippen LogP contribution < -0.4 is 9.80 Å². The molecular formula is C21H22ClN5O2. The van der Waals surface area contributed by atoms with Crippen molar-refractivity contribution in [1.29, 1.82) is 0 Å². The van der Waals surface area contributed by atoms with Crippen LogP contribution in [0.1, 0.15) is 24.2 Å². The third-order valence-corrected chi connectivity index (χ3v) is 5.38. The number of nitrogens with zero attached hydrogens (tertiary/aromatic N) is 5. The van der Waals surface area contributed by atoms with Crippen molar-refractivity contribution in [3.05, 3.63) is 53.3 Å². The highest BCUT2D eigenvalue weighted by Crippen LogP contribution is 2.30. The molecule has 1 aromatic carbocycles. The summed E-state index contributed by atoms with van der Waals surface area (Å²) in [7, 11) is 0. The minimum Gasteiger partial charge on any atom is -0.462 e. The van der Waals surface area contributed by atoms with Crippen LogP contribution in [0.25, 0.3) is 10.8 Å². The molecule has 1 saturated heterocycles. The van der Waals surface area contributed by atoms with E-state index in [1.54, 1.807) is 19.2 Å². The highest BCUT2D eigenvalue weighted by atomic mass is 35.5. The van der Waals surface area contributed by atoms with E-state index < -0.39 is 0 Å². The first kappa shape index (κ1) is 19.4. The largest absolute Gasteiger partial charge is 0.462 e. The first-order valence-electron chi connectivity index (χ1n) is 9.64. The van der Waals surface area contributed by atoms with E-state index in [9.17, 15) is 4.79 Å². The normalized spacial score (nSPS) is 16.9. The Morgan fingerprint density at radius 1 is 1.17 bits per heavy atom. The molecule has 1 atom stereocenters. The molecule has 0 bridgehead atoms. The lowest BCUT2D eigenvalue weighted by Gasteiger charge is -2.41. The average molecular weight is 412 g/mol. The van der Waals surface area contributed by atoms with Gasteiger partial charge in [-0.1, -0.05) is 35.9 Å². The molecule has 8 heteroatoms. The molecule has 1 unspecified atom stereocenters. The molecular weight excluding hydrogens is 390 g/mol. The molecule has 4 rings (SSSR count). The zero-order chi connectivity index (χ0) is 20.4. The number of hydrogen-bond donors (Lipinski definition) is 0. The Labute approximate surface area is 174 Å². The van der Waals surface area contributed by atoms with Gasteiger partial charge in [0, 0.05) is 42.6 Å². The number of ether oxygens (including phenoxy) is 1. The van der Waals surface area contributed by atoms with Crippen molar-refractivity contribution in [2.45, 2.75) is 19.9 Å². The third-order valence-electron chi connectivity index (χ3n) is 5.11. The smallest absolute Gasteiger partial charge is 0.339 e. The molecule has 0 spiro atoms. The molecule has 1 aliphatic heterocycles. The molecule has 150 valence electrons. The molecule has 0 amide bonds. The van der Waals surface area contributed by atoms with Gasteiger partial charge in [-0.05, 0) is 26.0 Å². The van der Waals surface area contributed by atoms with Gasteiger partial charge in [-0.2, -0.15) is 0 Å². The van der Waals surface area contributed by atoms with E-state index in [-0.39, 0.29) is 12.0 Å². The summed E-state index contributed by atoms with van der Waals surface area (Å²) >= 11 is 6.22. The fraction of sp³-hybridized carbons (Fsp3) is 0.333. The summed E-state index contributed by atoms with van der Waals surface area (Å²) in [5.41, 5.74) is 0.463. The Balaban J connectivity index is 1.52. The number of rotatable bonds is 4. The maximum atomic E-state index is 11.8. The number of carbonyl (C=O) groups is 1. The van der Waals surface area contributed by atoms with Crippen molar-refractivity contribution in [2.75, 3.05) is 36.0 Å². The fourth-order valence-electron chi connectivity index (χ4n) is 3.66. The lowest BCUT2D eigenvalue weighted by molar-refractivity contribution is 0.0526. The van der Waals surface area contributed by atoms with Gasteiger partial charge in [0.1, 0.15) is 5.82 Å². The molecule has 7 nitrogen and oxygen atoms in total. The van der Waals surface area contributed by atoms with E-state index in [1.165, 1.54) is 0 Å². The summed E-state index contributed by atoms with van der Waals surface area (Å²) < 4.78 is 5.02. The van der Waals surface area contributed by atoms with Crippen LogP contribution in [0.2, 0.25) is 5.15 Å². The highest BCUT2D eigenvalue weighted by Gasteiger charge is 2.27. The highest BCUT2D eigenvalue weighted by molar-refractivity contribution is 6.34. The van der Waals surface area contributed by atoms with Gasteiger partial charge < -0.3 is 14.5 Å². The van der Waals surface area contributed by atoms with Gasteiger partial charge in [-0.25, -0.2) is 9.78 Å². The maximum absolute atomic E-state index is 11.8. The van der Waals surface area contributed by atoms with E-state index in [2.05, 4.69) is 31.9 Å². The molecule has 3 aromatic rings. The molecule has 2 aromatic heterocycles. The molecule has 1 aliphatic rings. The number of pyridine rings is 1. The number of aromatic nitrogens is 3. The fourth-order valence-corrected chi connectivity index (χ4v) is 3.86. The van der Waals surface area contributed by atoms with Gasteiger partial charge in [0.05, 0.1) is 12.2 Å². The number of halogens is 1. The van der Waals surface area contributed by atoms with Gasteiger partial charge in [-0.15, -0.1) is 10.2 Å². The van der Waals surface area contributed by atoms with Gasteiger partial charge in [0.15, 0.2) is 11.0 Å². The predicted octanol–water partition coefficient (Wildman–Crippen LogP) is 3.57. The number of hydrogen-bond acceptors (Lipinski definition) is 7. The van der Waals surface area contributed by atoms with Crippen molar-refractivity contribution in [1.82, 2.24) is 15.2 Å². The van der Waals surface area contributed by atoms with Gasteiger partial charge >= 0.3 is 5.97 Å². The van der Waals surface area contributed by atoms with Gasteiger partial charge in [0.25, 0.3) is 0 Å². The van der Waals surface area contributed by atoms with E-state index in [4.69, 9.17) is 16.3 Å². The van der Waals surface area contributed by atoms with Crippen molar-refractivity contribution in [2.24, 2.45) is 0 Å². The molecule has 0 N–H and O–H groups in total. The lowest BCUT2D eigenvalue weighted by atomic mass is 10.1. The SMILES string of the molecule is CCOC(=O)c1ccc(N2CCN(c3nnc(Cl)c4ccccc34)C(C)C2)nc1. The molecule has 29 heavy (non-hydrogen) atoms. The Morgan fingerprint density at radius 2 is 1.97 bits per heavy atom. The van der Waals surface area contributed by atoms with Crippen molar-refractivity contribution in [3.8, 4) is 0 Å². The van der Waals surface area contributed by atoms with Crippen LogP contribution in [0.15, 0.2) is 42.6 Å². The second-order valence-electron chi connectivity index (χ2n) is 6.97. The first-order valence-corrected chi connectivity index (χ1v) is 10.0. The molecule has 0 aliphatic carbocycles. The van der Waals surface area contributed by atoms with Crippen LogP contribution in [0.4, 0.5) is 11.6 Å². The number of esters is 1. The summed E-state index contributed by atoms with van der Waals surface area (Å²) in [6.07, 6.45) is 1.57. The van der Waals surface area contributed by atoms with Gasteiger partial charge in [0.2, 0.25) is 0 Å². The van der Waals surface area contributed by atoms with E-state index >= 15 is 0 Å².